The molecule has 0 radical (unpaired) electrons. The van der Waals surface area contributed by atoms with Gasteiger partial charge in [0, 0.05) is 12.7 Å². The van der Waals surface area contributed by atoms with E-state index in [4.69, 9.17) is 4.74 Å². The first-order valence-corrected chi connectivity index (χ1v) is 7.02. The zero-order valence-corrected chi connectivity index (χ0v) is 12.0. The van der Waals surface area contributed by atoms with E-state index < -0.39 is 0 Å². The van der Waals surface area contributed by atoms with E-state index in [1.807, 2.05) is 42.8 Å². The van der Waals surface area contributed by atoms with E-state index in [2.05, 4.69) is 20.6 Å². The molecular weight excluding hydrogens is 272 g/mol. The summed E-state index contributed by atoms with van der Waals surface area (Å²) in [6.07, 6.45) is 0. The third kappa shape index (κ3) is 2.37. The molecule has 0 saturated heterocycles. The van der Waals surface area contributed by atoms with Crippen molar-refractivity contribution in [3.63, 3.8) is 0 Å². The highest BCUT2D eigenvalue weighted by Crippen LogP contribution is 2.29. The molecule has 0 aliphatic heterocycles. The average molecular weight is 286 g/mol. The third-order valence-corrected chi connectivity index (χ3v) is 3.71. The summed E-state index contributed by atoms with van der Waals surface area (Å²) in [7, 11) is 3.47. The Morgan fingerprint density at radius 2 is 1.90 bits per heavy atom. The molecular formula is C14H14N4OS. The van der Waals surface area contributed by atoms with Crippen molar-refractivity contribution in [1.82, 2.24) is 9.97 Å². The van der Waals surface area contributed by atoms with Crippen LogP contribution in [0.4, 0.5) is 17.5 Å². The van der Waals surface area contributed by atoms with Crippen molar-refractivity contribution in [2.45, 2.75) is 0 Å². The molecule has 3 aromatic rings. The quantitative estimate of drug-likeness (QED) is 0.769. The Kier molecular flexibility index (Phi) is 3.39. The molecule has 0 amide bonds. The van der Waals surface area contributed by atoms with Crippen molar-refractivity contribution in [3.8, 4) is 5.75 Å². The molecule has 2 heterocycles. The summed E-state index contributed by atoms with van der Waals surface area (Å²) in [6.45, 7) is 0. The fourth-order valence-electron chi connectivity index (χ4n) is 1.87. The number of methoxy groups -OCH3 is 1. The van der Waals surface area contributed by atoms with Crippen LogP contribution in [0.2, 0.25) is 0 Å². The summed E-state index contributed by atoms with van der Waals surface area (Å²) in [5, 5.41) is 9.33. The number of rotatable bonds is 4. The first-order chi connectivity index (χ1) is 9.80. The number of benzene rings is 1. The minimum atomic E-state index is 0.607. The maximum atomic E-state index is 5.15. The number of hydrogen-bond acceptors (Lipinski definition) is 6. The largest absolute Gasteiger partial charge is 0.497 e. The maximum Gasteiger partial charge on any atom is 0.225 e. The SMILES string of the molecule is CNc1nc(Nc2ccc(OC)cc2)c2ccsc2n1. The number of fused-ring (bicyclic) bond motifs is 1. The first kappa shape index (κ1) is 12.7. The topological polar surface area (TPSA) is 59.1 Å². The zero-order valence-electron chi connectivity index (χ0n) is 11.2. The van der Waals surface area contributed by atoms with Gasteiger partial charge in [-0.3, -0.25) is 0 Å². The van der Waals surface area contributed by atoms with Gasteiger partial charge in [-0.25, -0.2) is 4.98 Å². The van der Waals surface area contributed by atoms with Gasteiger partial charge in [0.25, 0.3) is 0 Å². The van der Waals surface area contributed by atoms with Crippen molar-refractivity contribution in [1.29, 1.82) is 0 Å². The van der Waals surface area contributed by atoms with E-state index in [-0.39, 0.29) is 0 Å². The van der Waals surface area contributed by atoms with Crippen LogP contribution < -0.4 is 15.4 Å². The molecule has 0 spiro atoms. The molecule has 2 N–H and O–H groups in total. The highest BCUT2D eigenvalue weighted by molar-refractivity contribution is 7.16. The van der Waals surface area contributed by atoms with Crippen molar-refractivity contribution >= 4 is 39.0 Å². The van der Waals surface area contributed by atoms with Gasteiger partial charge in [-0.15, -0.1) is 11.3 Å². The molecule has 6 heteroatoms. The third-order valence-electron chi connectivity index (χ3n) is 2.90. The highest BCUT2D eigenvalue weighted by atomic mass is 32.1. The normalized spacial score (nSPS) is 10.5. The van der Waals surface area contributed by atoms with E-state index in [9.17, 15) is 0 Å². The van der Waals surface area contributed by atoms with Gasteiger partial charge < -0.3 is 15.4 Å². The second-order valence-electron chi connectivity index (χ2n) is 4.14. The molecule has 0 bridgehead atoms. The molecule has 0 aliphatic rings. The molecule has 0 atom stereocenters. The second kappa shape index (κ2) is 5.34. The summed E-state index contributed by atoms with van der Waals surface area (Å²) in [5.41, 5.74) is 0.957. The molecule has 3 rings (SSSR count). The number of nitrogens with one attached hydrogen (secondary N) is 2. The Morgan fingerprint density at radius 3 is 2.60 bits per heavy atom. The van der Waals surface area contributed by atoms with Crippen LogP contribution in [0.1, 0.15) is 0 Å². The summed E-state index contributed by atoms with van der Waals surface area (Å²) in [4.78, 5) is 9.85. The predicted molar refractivity (Wildman–Crippen MR) is 83.2 cm³/mol. The monoisotopic (exact) mass is 286 g/mol. The van der Waals surface area contributed by atoms with Crippen LogP contribution in [0.25, 0.3) is 10.2 Å². The molecule has 0 aliphatic carbocycles. The minimum absolute atomic E-state index is 0.607. The van der Waals surface area contributed by atoms with Crippen molar-refractivity contribution < 1.29 is 4.74 Å². The Bertz CT molecular complexity index is 724. The molecule has 0 fully saturated rings. The lowest BCUT2D eigenvalue weighted by Crippen LogP contribution is -2.00. The summed E-state index contributed by atoms with van der Waals surface area (Å²) in [5.74, 6) is 2.23. The van der Waals surface area contributed by atoms with Gasteiger partial charge >= 0.3 is 0 Å². The minimum Gasteiger partial charge on any atom is -0.497 e. The molecule has 102 valence electrons. The van der Waals surface area contributed by atoms with E-state index >= 15 is 0 Å². The number of nitrogens with zero attached hydrogens (tertiary/aromatic N) is 2. The molecule has 2 aromatic heterocycles. The summed E-state index contributed by atoms with van der Waals surface area (Å²) >= 11 is 1.60. The van der Waals surface area contributed by atoms with Gasteiger partial charge in [-0.2, -0.15) is 4.98 Å². The van der Waals surface area contributed by atoms with Crippen LogP contribution >= 0.6 is 11.3 Å². The lowest BCUT2D eigenvalue weighted by molar-refractivity contribution is 0.415. The van der Waals surface area contributed by atoms with Crippen LogP contribution in [0.15, 0.2) is 35.7 Å². The lowest BCUT2D eigenvalue weighted by Gasteiger charge is -2.09. The maximum absolute atomic E-state index is 5.15. The molecule has 0 saturated carbocycles. The van der Waals surface area contributed by atoms with E-state index in [1.54, 1.807) is 18.4 Å². The van der Waals surface area contributed by atoms with Crippen LogP contribution in [0, 0.1) is 0 Å². The van der Waals surface area contributed by atoms with Gasteiger partial charge in [0.05, 0.1) is 12.5 Å². The smallest absolute Gasteiger partial charge is 0.225 e. The van der Waals surface area contributed by atoms with E-state index in [0.717, 1.165) is 27.5 Å². The number of thiophene rings is 1. The Hall–Kier alpha value is -2.34. The molecule has 0 unspecified atom stereocenters. The number of aromatic nitrogens is 2. The standard InChI is InChI=1S/C14H14N4OS/c1-15-14-17-12(11-7-8-20-13(11)18-14)16-9-3-5-10(19-2)6-4-9/h3-8H,1-2H3,(H2,15,16,17,18). The van der Waals surface area contributed by atoms with Gasteiger partial charge in [-0.05, 0) is 35.7 Å². The Morgan fingerprint density at radius 1 is 1.10 bits per heavy atom. The number of anilines is 3. The molecule has 20 heavy (non-hydrogen) atoms. The highest BCUT2D eigenvalue weighted by Gasteiger charge is 2.08. The Balaban J connectivity index is 1.98. The fourth-order valence-corrected chi connectivity index (χ4v) is 2.64. The summed E-state index contributed by atoms with van der Waals surface area (Å²) in [6, 6.07) is 9.75. The summed E-state index contributed by atoms with van der Waals surface area (Å²) < 4.78 is 5.15. The molecule has 5 nitrogen and oxygen atoms in total. The zero-order chi connectivity index (χ0) is 13.9. The Labute approximate surface area is 120 Å². The van der Waals surface area contributed by atoms with E-state index in [0.29, 0.717) is 5.95 Å². The van der Waals surface area contributed by atoms with Crippen LogP contribution in [-0.2, 0) is 0 Å². The van der Waals surface area contributed by atoms with Crippen LogP contribution in [-0.4, -0.2) is 24.1 Å². The lowest BCUT2D eigenvalue weighted by atomic mass is 10.3. The first-order valence-electron chi connectivity index (χ1n) is 6.14. The van der Waals surface area contributed by atoms with Gasteiger partial charge in [-0.1, -0.05) is 0 Å². The number of ether oxygens (including phenoxy) is 1. The van der Waals surface area contributed by atoms with Crippen LogP contribution in [0.3, 0.4) is 0 Å². The predicted octanol–water partition coefficient (Wildman–Crippen LogP) is 3.49. The number of hydrogen-bond donors (Lipinski definition) is 2. The van der Waals surface area contributed by atoms with Crippen molar-refractivity contribution in [2.24, 2.45) is 0 Å². The second-order valence-corrected chi connectivity index (χ2v) is 5.03. The van der Waals surface area contributed by atoms with Crippen molar-refractivity contribution in [2.75, 3.05) is 24.8 Å². The van der Waals surface area contributed by atoms with Crippen LogP contribution in [0.5, 0.6) is 5.75 Å². The van der Waals surface area contributed by atoms with E-state index in [1.165, 1.54) is 0 Å². The van der Waals surface area contributed by atoms with Gasteiger partial charge in [0.15, 0.2) is 0 Å². The fraction of sp³-hybridized carbons (Fsp3) is 0.143. The molecule has 1 aromatic carbocycles. The average Bonchev–Trinajstić information content (AvgIpc) is 2.96. The van der Waals surface area contributed by atoms with Gasteiger partial charge in [0.2, 0.25) is 5.95 Å². The van der Waals surface area contributed by atoms with Gasteiger partial charge in [0.1, 0.15) is 16.4 Å². The van der Waals surface area contributed by atoms with Crippen molar-refractivity contribution in [3.05, 3.63) is 35.7 Å².